The van der Waals surface area contributed by atoms with Gasteiger partial charge in [-0.2, -0.15) is 0 Å². The van der Waals surface area contributed by atoms with Crippen molar-refractivity contribution in [3.63, 3.8) is 0 Å². The van der Waals surface area contributed by atoms with Gasteiger partial charge in [0.1, 0.15) is 5.82 Å². The molecule has 3 heteroatoms. The molecule has 0 unspecified atom stereocenters. The molecular weight excluding hydrogens is 222 g/mol. The second kappa shape index (κ2) is 4.18. The summed E-state index contributed by atoms with van der Waals surface area (Å²) in [6.07, 6.45) is 0. The van der Waals surface area contributed by atoms with Crippen LogP contribution in [0.2, 0.25) is 0 Å². The second-order valence-electron chi connectivity index (χ2n) is 4.38. The summed E-state index contributed by atoms with van der Waals surface area (Å²) < 4.78 is 2.10. The first-order valence-electron chi connectivity index (χ1n) is 6.00. The van der Waals surface area contributed by atoms with E-state index in [2.05, 4.69) is 26.7 Å². The van der Waals surface area contributed by atoms with Crippen LogP contribution in [0.5, 0.6) is 0 Å². The maximum atomic E-state index is 4.66. The third kappa shape index (κ3) is 1.74. The van der Waals surface area contributed by atoms with Gasteiger partial charge in [0.2, 0.25) is 0 Å². The zero-order valence-electron chi connectivity index (χ0n) is 10.5. The van der Waals surface area contributed by atoms with Crippen molar-refractivity contribution in [2.24, 2.45) is 7.05 Å². The number of nitrogens with one attached hydrogen (secondary N) is 1. The van der Waals surface area contributed by atoms with Gasteiger partial charge in [-0.1, -0.05) is 24.3 Å². The summed E-state index contributed by atoms with van der Waals surface area (Å²) in [5.41, 5.74) is 4.24. The molecule has 18 heavy (non-hydrogen) atoms. The molecule has 0 atom stereocenters. The van der Waals surface area contributed by atoms with Gasteiger partial charge >= 0.3 is 0 Å². The van der Waals surface area contributed by atoms with E-state index in [0.29, 0.717) is 0 Å². The lowest BCUT2D eigenvalue weighted by Crippen LogP contribution is -2.00. The Balaban J connectivity index is 2.60. The number of aryl methyl sites for hydroxylation is 2. The van der Waals surface area contributed by atoms with Crippen LogP contribution in [0, 0.1) is 6.92 Å². The quantitative estimate of drug-likeness (QED) is 0.638. The van der Waals surface area contributed by atoms with Crippen molar-refractivity contribution in [1.29, 1.82) is 0 Å². The van der Waals surface area contributed by atoms with E-state index in [4.69, 9.17) is 0 Å². The van der Waals surface area contributed by atoms with E-state index >= 15 is 0 Å². The molecule has 90 valence electrons. The Bertz CT molecular complexity index is 764. The van der Waals surface area contributed by atoms with Crippen LogP contribution in [-0.4, -0.2) is 14.5 Å². The number of aromatic amines is 1. The maximum absolute atomic E-state index is 4.66. The summed E-state index contributed by atoms with van der Waals surface area (Å²) in [7, 11) is 2.04. The van der Waals surface area contributed by atoms with Crippen LogP contribution in [0.25, 0.3) is 22.1 Å². The first-order valence-corrected chi connectivity index (χ1v) is 6.00. The molecule has 0 saturated carbocycles. The summed E-state index contributed by atoms with van der Waals surface area (Å²) in [6.45, 7) is 2.03. The van der Waals surface area contributed by atoms with E-state index < -0.39 is 0 Å². The number of hydrogen-bond donors (Lipinski definition) is 1. The molecule has 3 nitrogen and oxygen atoms in total. The van der Waals surface area contributed by atoms with E-state index in [1.807, 2.05) is 50.4 Å². The molecule has 0 amide bonds. The van der Waals surface area contributed by atoms with Gasteiger partial charge in [0.05, 0.1) is 22.1 Å². The fourth-order valence-corrected chi connectivity index (χ4v) is 2.12. The topological polar surface area (TPSA) is 33.6 Å². The van der Waals surface area contributed by atoms with Gasteiger partial charge in [0, 0.05) is 7.05 Å². The Labute approximate surface area is 105 Å². The average Bonchev–Trinajstić information content (AvgIpc) is 2.39. The first kappa shape index (κ1) is 10.8. The Morgan fingerprint density at radius 1 is 0.944 bits per heavy atom. The largest absolute Gasteiger partial charge is 0.352 e. The maximum Gasteiger partial charge on any atom is 0.106 e. The molecule has 0 aliphatic heterocycles. The minimum Gasteiger partial charge on any atom is -0.352 e. The summed E-state index contributed by atoms with van der Waals surface area (Å²) in [4.78, 5) is 8.10. The van der Waals surface area contributed by atoms with Crippen LogP contribution in [0.4, 0.5) is 0 Å². The molecule has 0 spiro atoms. The molecule has 0 fully saturated rings. The highest BCUT2D eigenvalue weighted by atomic mass is 15.0. The van der Waals surface area contributed by atoms with E-state index in [9.17, 15) is 0 Å². The molecule has 0 bridgehead atoms. The molecule has 2 aromatic carbocycles. The van der Waals surface area contributed by atoms with Crippen molar-refractivity contribution < 1.29 is 0 Å². The highest BCUT2D eigenvalue weighted by molar-refractivity contribution is 5.81. The molecule has 1 N–H and O–H groups in total. The number of aromatic nitrogens is 3. The lowest BCUT2D eigenvalue weighted by molar-refractivity contribution is 0.860. The number of benzene rings is 2. The van der Waals surface area contributed by atoms with Gasteiger partial charge in [-0.25, -0.2) is 4.98 Å². The van der Waals surface area contributed by atoms with E-state index in [0.717, 1.165) is 27.9 Å². The Morgan fingerprint density at radius 2 is 1.61 bits per heavy atom. The predicted octanol–water partition coefficient (Wildman–Crippen LogP) is 3.49. The van der Waals surface area contributed by atoms with Crippen LogP contribution in [0.15, 0.2) is 48.5 Å². The molecular formula is C15H15N3. The molecule has 0 aliphatic carbocycles. The fourth-order valence-electron chi connectivity index (χ4n) is 2.12. The molecule has 3 aromatic rings. The minimum absolute atomic E-state index is 0.969. The number of hydrogen-bond acceptors (Lipinski definition) is 1. The molecule has 1 aromatic heterocycles. The van der Waals surface area contributed by atoms with Gasteiger partial charge in [0.15, 0.2) is 0 Å². The normalized spacial score (nSPS) is 10.8. The van der Waals surface area contributed by atoms with Crippen molar-refractivity contribution in [2.75, 3.05) is 0 Å². The molecule has 0 radical (unpaired) electrons. The monoisotopic (exact) mass is 237 g/mol. The Morgan fingerprint density at radius 3 is 2.44 bits per heavy atom. The van der Waals surface area contributed by atoms with Crippen LogP contribution in [0.3, 0.4) is 0 Å². The van der Waals surface area contributed by atoms with Crippen LogP contribution >= 0.6 is 0 Å². The molecule has 0 saturated heterocycles. The first-order chi connectivity index (χ1) is 8.75. The Hall–Kier alpha value is -2.29. The van der Waals surface area contributed by atoms with Gasteiger partial charge in [0.25, 0.3) is 0 Å². The summed E-state index contributed by atoms with van der Waals surface area (Å²) in [6, 6.07) is 16.3. The second-order valence-corrected chi connectivity index (χ2v) is 4.38. The fraction of sp³-hybridized carbons (Fsp3) is 0.133. The van der Waals surface area contributed by atoms with Gasteiger partial charge < -0.3 is 9.55 Å². The van der Waals surface area contributed by atoms with Crippen molar-refractivity contribution in [3.8, 4) is 0 Å². The van der Waals surface area contributed by atoms with Crippen molar-refractivity contribution >= 4 is 22.1 Å². The average molecular weight is 237 g/mol. The number of H-pyrrole nitrogens is 1. The number of para-hydroxylation sites is 4. The van der Waals surface area contributed by atoms with Crippen molar-refractivity contribution in [3.05, 3.63) is 54.4 Å². The molecule has 3 rings (SSSR count). The van der Waals surface area contributed by atoms with E-state index in [1.54, 1.807) is 0 Å². The molecule has 1 heterocycles. The van der Waals surface area contributed by atoms with Gasteiger partial charge in [-0.3, -0.25) is 0 Å². The van der Waals surface area contributed by atoms with E-state index in [-0.39, 0.29) is 0 Å². The smallest absolute Gasteiger partial charge is 0.106 e. The lowest BCUT2D eigenvalue weighted by atomic mass is 10.2. The third-order valence-corrected chi connectivity index (χ3v) is 3.21. The SMILES string of the molecule is Cc1nc2ccccc2[nH]c2ccccc2n1C. The third-order valence-electron chi connectivity index (χ3n) is 3.21. The number of nitrogens with zero attached hydrogens (tertiary/aromatic N) is 2. The molecule has 0 aliphatic rings. The number of fused-ring (bicyclic) bond motifs is 2. The summed E-state index contributed by atoms with van der Waals surface area (Å²) in [5, 5.41) is 0. The zero-order valence-corrected chi connectivity index (χ0v) is 10.5. The van der Waals surface area contributed by atoms with Crippen LogP contribution < -0.4 is 0 Å². The summed E-state index contributed by atoms with van der Waals surface area (Å²) in [5.74, 6) is 0.983. The van der Waals surface area contributed by atoms with Crippen molar-refractivity contribution in [2.45, 2.75) is 6.92 Å². The minimum atomic E-state index is 0.969. The zero-order chi connectivity index (χ0) is 12.5. The van der Waals surface area contributed by atoms with Gasteiger partial charge in [-0.15, -0.1) is 0 Å². The van der Waals surface area contributed by atoms with Crippen LogP contribution in [-0.2, 0) is 7.05 Å². The highest BCUT2D eigenvalue weighted by Gasteiger charge is 1.98. The van der Waals surface area contributed by atoms with E-state index in [1.165, 1.54) is 0 Å². The van der Waals surface area contributed by atoms with Crippen molar-refractivity contribution in [1.82, 2.24) is 14.5 Å². The predicted molar refractivity (Wildman–Crippen MR) is 74.9 cm³/mol. The summed E-state index contributed by atoms with van der Waals surface area (Å²) >= 11 is 0. The van der Waals surface area contributed by atoms with Crippen LogP contribution in [0.1, 0.15) is 5.82 Å². The highest BCUT2D eigenvalue weighted by Crippen LogP contribution is 2.14. The standard InChI is InChI=1S/C15H15N3/c1-11-16-12-7-3-4-8-13(12)17-14-9-5-6-10-15(14)18(11)2/h3-10,17H,1-2H3. The van der Waals surface area contributed by atoms with Gasteiger partial charge in [-0.05, 0) is 31.2 Å². The number of rotatable bonds is 0. The lowest BCUT2D eigenvalue weighted by Gasteiger charge is -2.07. The Kier molecular flexibility index (Phi) is 2.52.